The van der Waals surface area contributed by atoms with Crippen LogP contribution in [0.25, 0.3) is 0 Å². The Balaban J connectivity index is 1.87. The van der Waals surface area contributed by atoms with E-state index >= 15 is 0 Å². The second-order valence-corrected chi connectivity index (χ2v) is 6.98. The van der Waals surface area contributed by atoms with Crippen molar-refractivity contribution in [2.24, 2.45) is 0 Å². The zero-order valence-corrected chi connectivity index (χ0v) is 15.2. The number of ether oxygens (including phenoxy) is 1. The molecule has 0 aromatic heterocycles. The maximum Gasteiger partial charge on any atom is 0.276 e. The van der Waals surface area contributed by atoms with E-state index in [-0.39, 0.29) is 12.0 Å². The molecule has 0 fully saturated rings. The lowest BCUT2D eigenvalue weighted by Gasteiger charge is -2.22. The van der Waals surface area contributed by atoms with Crippen LogP contribution >= 0.6 is 11.6 Å². The minimum absolute atomic E-state index is 0.101. The molecule has 2 N–H and O–H groups in total. The number of rotatable bonds is 4. The first kappa shape index (κ1) is 18.8. The molecular formula is C19H21ClN2O3. The van der Waals surface area contributed by atoms with E-state index < -0.39 is 11.8 Å². The Morgan fingerprint density at radius 2 is 1.64 bits per heavy atom. The first-order valence-electron chi connectivity index (χ1n) is 7.84. The van der Waals surface area contributed by atoms with Crippen LogP contribution in [-0.4, -0.2) is 18.4 Å². The van der Waals surface area contributed by atoms with Crippen LogP contribution in [0, 0.1) is 0 Å². The van der Waals surface area contributed by atoms with Crippen molar-refractivity contribution in [1.29, 1.82) is 0 Å². The monoisotopic (exact) mass is 360 g/mol. The highest BCUT2D eigenvalue weighted by Crippen LogP contribution is 2.30. The Morgan fingerprint density at radius 1 is 1.00 bits per heavy atom. The number of carbonyl (C=O) groups is 2. The van der Waals surface area contributed by atoms with E-state index in [1.165, 1.54) is 0 Å². The van der Waals surface area contributed by atoms with Gasteiger partial charge in [0.15, 0.2) is 6.61 Å². The number of carbonyl (C=O) groups excluding carboxylic acids is 2. The third-order valence-corrected chi connectivity index (χ3v) is 3.73. The van der Waals surface area contributed by atoms with E-state index in [9.17, 15) is 9.59 Å². The van der Waals surface area contributed by atoms with E-state index in [1.54, 1.807) is 24.3 Å². The van der Waals surface area contributed by atoms with Gasteiger partial charge in [-0.05, 0) is 41.3 Å². The predicted molar refractivity (Wildman–Crippen MR) is 97.7 cm³/mol. The number of hydrogen-bond donors (Lipinski definition) is 2. The van der Waals surface area contributed by atoms with Crippen molar-refractivity contribution in [3.05, 3.63) is 64.7 Å². The normalized spacial score (nSPS) is 10.9. The molecule has 25 heavy (non-hydrogen) atoms. The molecule has 2 aromatic rings. The zero-order chi connectivity index (χ0) is 18.4. The third-order valence-electron chi connectivity index (χ3n) is 3.48. The molecular weight excluding hydrogens is 340 g/mol. The number of benzene rings is 2. The molecule has 0 aliphatic heterocycles. The molecule has 0 saturated carbocycles. The summed E-state index contributed by atoms with van der Waals surface area (Å²) in [6.45, 7) is 6.01. The van der Waals surface area contributed by atoms with Crippen molar-refractivity contribution in [2.75, 3.05) is 6.61 Å². The molecule has 2 aromatic carbocycles. The Labute approximate surface area is 152 Å². The maximum absolute atomic E-state index is 11.9. The molecule has 0 spiro atoms. The molecule has 6 heteroatoms. The molecule has 0 heterocycles. The van der Waals surface area contributed by atoms with Gasteiger partial charge in [0, 0.05) is 10.6 Å². The molecule has 2 amide bonds. The standard InChI is InChI=1S/C19H21ClN2O3/c1-19(2,3)15-6-4-5-7-16(15)25-12-17(23)21-22-18(24)13-8-10-14(20)11-9-13/h4-11H,12H2,1-3H3,(H,21,23)(H,22,24). The molecule has 2 rings (SSSR count). The van der Waals surface area contributed by atoms with E-state index in [0.717, 1.165) is 5.56 Å². The summed E-state index contributed by atoms with van der Waals surface area (Å²) >= 11 is 5.77. The van der Waals surface area contributed by atoms with Crippen LogP contribution in [0.5, 0.6) is 5.75 Å². The molecule has 5 nitrogen and oxygen atoms in total. The molecule has 0 bridgehead atoms. The van der Waals surface area contributed by atoms with Crippen LogP contribution in [-0.2, 0) is 10.2 Å². The van der Waals surface area contributed by atoms with E-state index in [0.29, 0.717) is 16.3 Å². The van der Waals surface area contributed by atoms with E-state index in [1.807, 2.05) is 24.3 Å². The summed E-state index contributed by atoms with van der Waals surface area (Å²) in [5.41, 5.74) is 5.96. The number of amides is 2. The Bertz CT molecular complexity index is 752. The quantitative estimate of drug-likeness (QED) is 0.820. The first-order chi connectivity index (χ1) is 11.8. The van der Waals surface area contributed by atoms with Gasteiger partial charge >= 0.3 is 0 Å². The SMILES string of the molecule is CC(C)(C)c1ccccc1OCC(=O)NNC(=O)c1ccc(Cl)cc1. The Kier molecular flexibility index (Phi) is 6.04. The van der Waals surface area contributed by atoms with Crippen molar-refractivity contribution in [3.8, 4) is 5.75 Å². The van der Waals surface area contributed by atoms with Crippen molar-refractivity contribution in [3.63, 3.8) is 0 Å². The van der Waals surface area contributed by atoms with Crippen molar-refractivity contribution in [1.82, 2.24) is 10.9 Å². The number of para-hydroxylation sites is 1. The second-order valence-electron chi connectivity index (χ2n) is 6.54. The lowest BCUT2D eigenvalue weighted by molar-refractivity contribution is -0.123. The largest absolute Gasteiger partial charge is 0.483 e. The summed E-state index contributed by atoms with van der Waals surface area (Å²) < 4.78 is 5.60. The minimum Gasteiger partial charge on any atom is -0.483 e. The van der Waals surface area contributed by atoms with Crippen molar-refractivity contribution in [2.45, 2.75) is 26.2 Å². The molecule has 0 aliphatic rings. The van der Waals surface area contributed by atoms with Gasteiger partial charge in [-0.15, -0.1) is 0 Å². The lowest BCUT2D eigenvalue weighted by atomic mass is 9.86. The summed E-state index contributed by atoms with van der Waals surface area (Å²) in [4.78, 5) is 23.8. The van der Waals surface area contributed by atoms with Crippen LogP contribution in [0.15, 0.2) is 48.5 Å². The van der Waals surface area contributed by atoms with E-state index in [2.05, 4.69) is 31.6 Å². The first-order valence-corrected chi connectivity index (χ1v) is 8.22. The van der Waals surface area contributed by atoms with Gasteiger partial charge in [-0.1, -0.05) is 50.6 Å². The number of nitrogens with one attached hydrogen (secondary N) is 2. The fraction of sp³-hybridized carbons (Fsp3) is 0.263. The van der Waals surface area contributed by atoms with E-state index in [4.69, 9.17) is 16.3 Å². The summed E-state index contributed by atoms with van der Waals surface area (Å²) in [6, 6.07) is 13.9. The fourth-order valence-corrected chi connectivity index (χ4v) is 2.32. The van der Waals surface area contributed by atoms with Crippen LogP contribution < -0.4 is 15.6 Å². The highest BCUT2D eigenvalue weighted by Gasteiger charge is 2.19. The molecule has 132 valence electrons. The van der Waals surface area contributed by atoms with Crippen molar-refractivity contribution >= 4 is 23.4 Å². The van der Waals surface area contributed by atoms with Gasteiger partial charge in [0.2, 0.25) is 0 Å². The minimum atomic E-state index is -0.453. The fourth-order valence-electron chi connectivity index (χ4n) is 2.19. The molecule has 0 saturated heterocycles. The van der Waals surface area contributed by atoms with Crippen LogP contribution in [0.4, 0.5) is 0 Å². The molecule has 0 aliphatic carbocycles. The topological polar surface area (TPSA) is 67.4 Å². The van der Waals surface area contributed by atoms with Crippen molar-refractivity contribution < 1.29 is 14.3 Å². The average molecular weight is 361 g/mol. The summed E-state index contributed by atoms with van der Waals surface area (Å²) in [5, 5.41) is 0.534. The predicted octanol–water partition coefficient (Wildman–Crippen LogP) is 3.48. The lowest BCUT2D eigenvalue weighted by Crippen LogP contribution is -2.43. The Hall–Kier alpha value is -2.53. The van der Waals surface area contributed by atoms with Gasteiger partial charge in [-0.2, -0.15) is 0 Å². The summed E-state index contributed by atoms with van der Waals surface area (Å²) in [6.07, 6.45) is 0. The second kappa shape index (κ2) is 8.03. The number of hydrogen-bond acceptors (Lipinski definition) is 3. The zero-order valence-electron chi connectivity index (χ0n) is 14.4. The van der Waals surface area contributed by atoms with Gasteiger partial charge in [-0.25, -0.2) is 0 Å². The maximum atomic E-state index is 11.9. The van der Waals surface area contributed by atoms with Gasteiger partial charge < -0.3 is 4.74 Å². The third kappa shape index (κ3) is 5.50. The molecule has 0 atom stereocenters. The Morgan fingerprint density at radius 3 is 2.28 bits per heavy atom. The number of hydrazine groups is 1. The molecule has 0 radical (unpaired) electrons. The van der Waals surface area contributed by atoms with Crippen LogP contribution in [0.2, 0.25) is 5.02 Å². The highest BCUT2D eigenvalue weighted by molar-refractivity contribution is 6.30. The molecule has 0 unspecified atom stereocenters. The van der Waals surface area contributed by atoms with Gasteiger partial charge in [0.1, 0.15) is 5.75 Å². The summed E-state index contributed by atoms with van der Waals surface area (Å²) in [5.74, 6) is -0.236. The highest BCUT2D eigenvalue weighted by atomic mass is 35.5. The van der Waals surface area contributed by atoms with Gasteiger partial charge in [0.25, 0.3) is 11.8 Å². The number of halogens is 1. The van der Waals surface area contributed by atoms with Gasteiger partial charge in [-0.3, -0.25) is 20.4 Å². The van der Waals surface area contributed by atoms with Crippen LogP contribution in [0.1, 0.15) is 36.7 Å². The average Bonchev–Trinajstić information content (AvgIpc) is 2.58. The van der Waals surface area contributed by atoms with Crippen LogP contribution in [0.3, 0.4) is 0 Å². The smallest absolute Gasteiger partial charge is 0.276 e. The summed E-state index contributed by atoms with van der Waals surface area (Å²) in [7, 11) is 0. The van der Waals surface area contributed by atoms with Gasteiger partial charge in [0.05, 0.1) is 0 Å².